The molecule has 2 amide bonds. The van der Waals surface area contributed by atoms with E-state index in [1.54, 1.807) is 0 Å². The smallest absolute Gasteiger partial charge is 0.231 e. The third-order valence-corrected chi connectivity index (χ3v) is 2.36. The standard InChI is InChI=1S/C8H15N3O2/c9-7(12)6(8(10)13)5-3-1-2-4-11-5/h5-6,11H,1-4H2,(H2,9,12)(H2,10,13). The SMILES string of the molecule is NC(=O)C(C(N)=O)C1CCCCN1. The highest BCUT2D eigenvalue weighted by Crippen LogP contribution is 2.14. The zero-order chi connectivity index (χ0) is 9.84. The normalized spacial score (nSPS) is 23.0. The van der Waals surface area contributed by atoms with Gasteiger partial charge in [0, 0.05) is 6.04 Å². The van der Waals surface area contributed by atoms with Crippen LogP contribution in [0.15, 0.2) is 0 Å². The van der Waals surface area contributed by atoms with Gasteiger partial charge in [0.2, 0.25) is 11.8 Å². The molecule has 1 rings (SSSR count). The predicted octanol–water partition coefficient (Wildman–Crippen LogP) is -1.28. The number of rotatable bonds is 3. The molecule has 1 aliphatic heterocycles. The van der Waals surface area contributed by atoms with Crippen LogP contribution in [-0.2, 0) is 9.59 Å². The first-order chi connectivity index (χ1) is 6.13. The van der Waals surface area contributed by atoms with Crippen molar-refractivity contribution in [3.63, 3.8) is 0 Å². The van der Waals surface area contributed by atoms with Crippen molar-refractivity contribution in [2.24, 2.45) is 17.4 Å². The van der Waals surface area contributed by atoms with Crippen molar-refractivity contribution in [1.29, 1.82) is 0 Å². The summed E-state index contributed by atoms with van der Waals surface area (Å²) in [6, 6.07) is -0.163. The summed E-state index contributed by atoms with van der Waals surface area (Å²) in [4.78, 5) is 21.8. The maximum Gasteiger partial charge on any atom is 0.231 e. The Morgan fingerprint density at radius 1 is 1.23 bits per heavy atom. The molecule has 0 aromatic heterocycles. The molecule has 1 heterocycles. The van der Waals surface area contributed by atoms with E-state index in [4.69, 9.17) is 11.5 Å². The van der Waals surface area contributed by atoms with Gasteiger partial charge in [-0.3, -0.25) is 9.59 Å². The van der Waals surface area contributed by atoms with Crippen LogP contribution in [0.3, 0.4) is 0 Å². The number of piperidine rings is 1. The first-order valence-electron chi connectivity index (χ1n) is 4.45. The minimum absolute atomic E-state index is 0.163. The maximum absolute atomic E-state index is 10.9. The number of hydrogen-bond donors (Lipinski definition) is 3. The summed E-state index contributed by atoms with van der Waals surface area (Å²) in [6.45, 7) is 0.821. The molecule has 1 aliphatic rings. The van der Waals surface area contributed by atoms with Crippen LogP contribution in [0.25, 0.3) is 0 Å². The summed E-state index contributed by atoms with van der Waals surface area (Å²) < 4.78 is 0. The quantitative estimate of drug-likeness (QED) is 0.477. The Hall–Kier alpha value is -1.10. The molecule has 0 aromatic rings. The van der Waals surface area contributed by atoms with Gasteiger partial charge in [0.1, 0.15) is 5.92 Å². The van der Waals surface area contributed by atoms with Crippen LogP contribution in [0, 0.1) is 5.92 Å². The van der Waals surface area contributed by atoms with Crippen molar-refractivity contribution < 1.29 is 9.59 Å². The molecule has 74 valence electrons. The van der Waals surface area contributed by atoms with E-state index >= 15 is 0 Å². The topological polar surface area (TPSA) is 98.2 Å². The van der Waals surface area contributed by atoms with Gasteiger partial charge in [0.05, 0.1) is 0 Å². The van der Waals surface area contributed by atoms with Gasteiger partial charge in [-0.1, -0.05) is 6.42 Å². The van der Waals surface area contributed by atoms with Crippen LogP contribution in [0.5, 0.6) is 0 Å². The molecule has 13 heavy (non-hydrogen) atoms. The highest BCUT2D eigenvalue weighted by atomic mass is 16.2. The molecule has 0 radical (unpaired) electrons. The number of nitrogens with two attached hydrogens (primary N) is 2. The van der Waals surface area contributed by atoms with Crippen LogP contribution in [0.4, 0.5) is 0 Å². The molecule has 0 spiro atoms. The van der Waals surface area contributed by atoms with Gasteiger partial charge >= 0.3 is 0 Å². The molecule has 1 unspecified atom stereocenters. The van der Waals surface area contributed by atoms with Crippen LogP contribution >= 0.6 is 0 Å². The number of hydrogen-bond acceptors (Lipinski definition) is 3. The van der Waals surface area contributed by atoms with E-state index in [9.17, 15) is 9.59 Å². The Labute approximate surface area is 76.8 Å². The molecular formula is C8H15N3O2. The first kappa shape index (κ1) is 9.98. The highest BCUT2D eigenvalue weighted by molar-refractivity contribution is 5.99. The van der Waals surface area contributed by atoms with Gasteiger partial charge in [-0.05, 0) is 19.4 Å². The fraction of sp³-hybridized carbons (Fsp3) is 0.750. The summed E-state index contributed by atoms with van der Waals surface area (Å²) in [5.74, 6) is -2.13. The van der Waals surface area contributed by atoms with Gasteiger partial charge in [0.25, 0.3) is 0 Å². The molecule has 0 aromatic carbocycles. The van der Waals surface area contributed by atoms with Crippen molar-refractivity contribution in [3.05, 3.63) is 0 Å². The Balaban J connectivity index is 2.62. The molecule has 0 bridgehead atoms. The minimum Gasteiger partial charge on any atom is -0.369 e. The summed E-state index contributed by atoms with van der Waals surface area (Å²) in [6.07, 6.45) is 2.87. The van der Waals surface area contributed by atoms with Crippen molar-refractivity contribution in [3.8, 4) is 0 Å². The van der Waals surface area contributed by atoms with Crippen molar-refractivity contribution in [2.45, 2.75) is 25.3 Å². The lowest BCUT2D eigenvalue weighted by Crippen LogP contribution is -2.50. The second-order valence-corrected chi connectivity index (χ2v) is 3.34. The summed E-state index contributed by atoms with van der Waals surface area (Å²) in [5.41, 5.74) is 10.2. The fourth-order valence-electron chi connectivity index (χ4n) is 1.70. The largest absolute Gasteiger partial charge is 0.369 e. The molecule has 1 fully saturated rings. The van der Waals surface area contributed by atoms with Crippen LogP contribution in [-0.4, -0.2) is 24.4 Å². The Bertz CT molecular complexity index is 197. The zero-order valence-corrected chi connectivity index (χ0v) is 7.45. The van der Waals surface area contributed by atoms with Crippen molar-refractivity contribution in [2.75, 3.05) is 6.54 Å². The van der Waals surface area contributed by atoms with Crippen molar-refractivity contribution >= 4 is 11.8 Å². The van der Waals surface area contributed by atoms with Crippen LogP contribution < -0.4 is 16.8 Å². The van der Waals surface area contributed by atoms with E-state index in [0.29, 0.717) is 0 Å². The number of amides is 2. The minimum atomic E-state index is -0.861. The molecule has 0 aliphatic carbocycles. The summed E-state index contributed by atoms with van der Waals surface area (Å²) >= 11 is 0. The third kappa shape index (κ3) is 2.42. The third-order valence-electron chi connectivity index (χ3n) is 2.36. The van der Waals surface area contributed by atoms with Crippen LogP contribution in [0.1, 0.15) is 19.3 Å². The van der Waals surface area contributed by atoms with Crippen molar-refractivity contribution in [1.82, 2.24) is 5.32 Å². The van der Waals surface area contributed by atoms with E-state index in [2.05, 4.69) is 5.32 Å². The zero-order valence-electron chi connectivity index (χ0n) is 7.45. The van der Waals surface area contributed by atoms with E-state index in [0.717, 1.165) is 25.8 Å². The van der Waals surface area contributed by atoms with Gasteiger partial charge in [-0.15, -0.1) is 0 Å². The molecule has 5 N–H and O–H groups in total. The number of primary amides is 2. The van der Waals surface area contributed by atoms with Gasteiger partial charge < -0.3 is 16.8 Å². The summed E-state index contributed by atoms with van der Waals surface area (Å²) in [7, 11) is 0. The highest BCUT2D eigenvalue weighted by Gasteiger charge is 2.32. The lowest BCUT2D eigenvalue weighted by atomic mass is 9.91. The molecular weight excluding hydrogens is 170 g/mol. The molecule has 5 heteroatoms. The number of carbonyl (C=O) groups excluding carboxylic acids is 2. The number of nitrogens with one attached hydrogen (secondary N) is 1. The second-order valence-electron chi connectivity index (χ2n) is 3.34. The van der Waals surface area contributed by atoms with Crippen LogP contribution in [0.2, 0.25) is 0 Å². The van der Waals surface area contributed by atoms with Gasteiger partial charge in [0.15, 0.2) is 0 Å². The second kappa shape index (κ2) is 4.23. The molecule has 1 saturated heterocycles. The van der Waals surface area contributed by atoms with E-state index in [1.807, 2.05) is 0 Å². The maximum atomic E-state index is 10.9. The lowest BCUT2D eigenvalue weighted by Gasteiger charge is -2.27. The van der Waals surface area contributed by atoms with Gasteiger partial charge in [-0.2, -0.15) is 0 Å². The molecule has 1 atom stereocenters. The molecule has 5 nitrogen and oxygen atoms in total. The van der Waals surface area contributed by atoms with Gasteiger partial charge in [-0.25, -0.2) is 0 Å². The predicted molar refractivity (Wildman–Crippen MR) is 47.5 cm³/mol. The average molecular weight is 185 g/mol. The van der Waals surface area contributed by atoms with E-state index < -0.39 is 17.7 Å². The summed E-state index contributed by atoms with van der Waals surface area (Å²) in [5, 5.41) is 3.08. The Morgan fingerprint density at radius 2 is 1.85 bits per heavy atom. The fourth-order valence-corrected chi connectivity index (χ4v) is 1.70. The van der Waals surface area contributed by atoms with E-state index in [1.165, 1.54) is 0 Å². The monoisotopic (exact) mass is 185 g/mol. The number of carbonyl (C=O) groups is 2. The van der Waals surface area contributed by atoms with E-state index in [-0.39, 0.29) is 6.04 Å². The Kier molecular flexibility index (Phi) is 3.25. The lowest BCUT2D eigenvalue weighted by molar-refractivity contribution is -0.133. The average Bonchev–Trinajstić information content (AvgIpc) is 2.04. The Morgan fingerprint density at radius 3 is 2.23 bits per heavy atom. The molecule has 0 saturated carbocycles. The first-order valence-corrected chi connectivity index (χ1v) is 4.45.